The molecule has 0 aliphatic heterocycles. The standard InChI is InChI=1S/C17H23N/c1-14(2)7-6-8-15(3)17-10-5-4-9-16(13-18)11-12-17/h8-9,11-14,17-18H,4,6-7H2,1-3H3/b12-11?,15-8+,16-9+,18-13?. The molecule has 18 heavy (non-hydrogen) atoms. The van der Waals surface area contributed by atoms with E-state index < -0.39 is 0 Å². The molecule has 0 heterocycles. The number of nitrogens with one attached hydrogen (secondary N) is 1. The molecule has 1 atom stereocenters. The van der Waals surface area contributed by atoms with Gasteiger partial charge in [0.1, 0.15) is 0 Å². The summed E-state index contributed by atoms with van der Waals surface area (Å²) >= 11 is 0. The van der Waals surface area contributed by atoms with E-state index in [9.17, 15) is 0 Å². The Bertz CT molecular complexity index is 424. The Balaban J connectivity index is 2.69. The Morgan fingerprint density at radius 2 is 2.33 bits per heavy atom. The summed E-state index contributed by atoms with van der Waals surface area (Å²) in [5.74, 6) is 7.40. The van der Waals surface area contributed by atoms with Crippen LogP contribution in [0.5, 0.6) is 0 Å². The monoisotopic (exact) mass is 241 g/mol. The van der Waals surface area contributed by atoms with E-state index in [2.05, 4.69) is 44.8 Å². The third kappa shape index (κ3) is 5.19. The highest BCUT2D eigenvalue weighted by Crippen LogP contribution is 2.16. The summed E-state index contributed by atoms with van der Waals surface area (Å²) in [7, 11) is 0. The van der Waals surface area contributed by atoms with Crippen LogP contribution in [0.1, 0.15) is 40.0 Å². The maximum Gasteiger partial charge on any atom is 0.0593 e. The van der Waals surface area contributed by atoms with Crippen molar-refractivity contribution in [2.24, 2.45) is 11.8 Å². The third-order valence-corrected chi connectivity index (χ3v) is 3.05. The predicted molar refractivity (Wildman–Crippen MR) is 79.7 cm³/mol. The van der Waals surface area contributed by atoms with Crippen molar-refractivity contribution in [2.45, 2.75) is 40.0 Å². The Morgan fingerprint density at radius 1 is 1.56 bits per heavy atom. The van der Waals surface area contributed by atoms with Gasteiger partial charge in [0, 0.05) is 12.6 Å². The molecular weight excluding hydrogens is 218 g/mol. The number of allylic oxidation sites excluding steroid dienone is 6. The summed E-state index contributed by atoms with van der Waals surface area (Å²) < 4.78 is 0. The van der Waals surface area contributed by atoms with E-state index >= 15 is 0 Å². The lowest BCUT2D eigenvalue weighted by Crippen LogP contribution is -1.97. The van der Waals surface area contributed by atoms with E-state index in [1.807, 2.05) is 12.2 Å². The molecule has 0 fully saturated rings. The molecule has 0 saturated carbocycles. The molecule has 0 amide bonds. The molecule has 0 spiro atoms. The van der Waals surface area contributed by atoms with Crippen molar-refractivity contribution in [1.29, 1.82) is 5.41 Å². The average Bonchev–Trinajstić information content (AvgIpc) is 2.28. The van der Waals surface area contributed by atoms with Gasteiger partial charge in [0.15, 0.2) is 0 Å². The van der Waals surface area contributed by atoms with Crippen molar-refractivity contribution in [3.63, 3.8) is 0 Å². The largest absolute Gasteiger partial charge is 0.308 e. The summed E-state index contributed by atoms with van der Waals surface area (Å²) in [4.78, 5) is 0. The van der Waals surface area contributed by atoms with Gasteiger partial charge in [0.05, 0.1) is 5.92 Å². The van der Waals surface area contributed by atoms with E-state index in [0.717, 1.165) is 24.3 Å². The zero-order valence-corrected chi connectivity index (χ0v) is 11.7. The molecule has 1 nitrogen and oxygen atoms in total. The minimum Gasteiger partial charge on any atom is -0.308 e. The van der Waals surface area contributed by atoms with Crippen molar-refractivity contribution in [1.82, 2.24) is 0 Å². The van der Waals surface area contributed by atoms with Crippen molar-refractivity contribution >= 4 is 6.21 Å². The van der Waals surface area contributed by atoms with Crippen LogP contribution in [0.4, 0.5) is 0 Å². The van der Waals surface area contributed by atoms with Crippen LogP contribution in [0.15, 0.2) is 35.5 Å². The minimum absolute atomic E-state index is 0.209. The van der Waals surface area contributed by atoms with Crippen LogP contribution in [0.2, 0.25) is 0 Å². The predicted octanol–water partition coefficient (Wildman–Crippen LogP) is 4.52. The van der Waals surface area contributed by atoms with E-state index in [4.69, 9.17) is 5.41 Å². The fourth-order valence-electron chi connectivity index (χ4n) is 1.81. The lowest BCUT2D eigenvalue weighted by atomic mass is 9.96. The molecule has 1 aliphatic rings. The maximum atomic E-state index is 7.29. The molecule has 1 N–H and O–H groups in total. The first kappa shape index (κ1) is 14.5. The summed E-state index contributed by atoms with van der Waals surface area (Å²) in [5.41, 5.74) is 2.27. The molecule has 1 aliphatic carbocycles. The van der Waals surface area contributed by atoms with E-state index in [-0.39, 0.29) is 5.92 Å². The molecule has 0 radical (unpaired) electrons. The summed E-state index contributed by atoms with van der Waals surface area (Å²) in [6.07, 6.45) is 12.9. The van der Waals surface area contributed by atoms with Gasteiger partial charge in [-0.15, -0.1) is 0 Å². The molecule has 1 rings (SSSR count). The Hall–Kier alpha value is -1.55. The lowest BCUT2D eigenvalue weighted by Gasteiger charge is -2.09. The van der Waals surface area contributed by atoms with Gasteiger partial charge in [-0.2, -0.15) is 0 Å². The Morgan fingerprint density at radius 3 is 3.00 bits per heavy atom. The Kier molecular flexibility index (Phi) is 6.22. The summed E-state index contributed by atoms with van der Waals surface area (Å²) in [6, 6.07) is 0. The second-order valence-corrected chi connectivity index (χ2v) is 5.13. The zero-order valence-electron chi connectivity index (χ0n) is 11.7. The first-order valence-electron chi connectivity index (χ1n) is 6.67. The maximum absolute atomic E-state index is 7.29. The van der Waals surface area contributed by atoms with Gasteiger partial charge < -0.3 is 5.41 Å². The molecular formula is C17H23N. The number of rotatable bonds is 5. The summed E-state index contributed by atoms with van der Waals surface area (Å²) in [6.45, 7) is 6.65. The van der Waals surface area contributed by atoms with Gasteiger partial charge in [-0.3, -0.25) is 0 Å². The molecule has 96 valence electrons. The molecule has 0 saturated heterocycles. The van der Waals surface area contributed by atoms with Crippen LogP contribution in [0.25, 0.3) is 0 Å². The summed E-state index contributed by atoms with van der Waals surface area (Å²) in [5, 5.41) is 7.29. The second-order valence-electron chi connectivity index (χ2n) is 5.13. The first-order valence-corrected chi connectivity index (χ1v) is 6.67. The van der Waals surface area contributed by atoms with Crippen LogP contribution >= 0.6 is 0 Å². The number of hydrogen-bond acceptors (Lipinski definition) is 1. The average molecular weight is 241 g/mol. The van der Waals surface area contributed by atoms with Gasteiger partial charge in [-0.1, -0.05) is 55.6 Å². The smallest absolute Gasteiger partial charge is 0.0593 e. The fourth-order valence-corrected chi connectivity index (χ4v) is 1.81. The minimum atomic E-state index is 0.209. The molecule has 1 heteroatoms. The highest BCUT2D eigenvalue weighted by Gasteiger charge is 2.04. The van der Waals surface area contributed by atoms with Gasteiger partial charge in [0.2, 0.25) is 0 Å². The van der Waals surface area contributed by atoms with E-state index in [1.54, 1.807) is 0 Å². The first-order chi connectivity index (χ1) is 8.63. The quantitative estimate of drug-likeness (QED) is 0.415. The molecule has 0 bridgehead atoms. The molecule has 0 aromatic heterocycles. The number of hydrogen-bond donors (Lipinski definition) is 1. The van der Waals surface area contributed by atoms with Gasteiger partial charge in [-0.25, -0.2) is 0 Å². The topological polar surface area (TPSA) is 23.9 Å². The van der Waals surface area contributed by atoms with Crippen LogP contribution in [-0.2, 0) is 0 Å². The van der Waals surface area contributed by atoms with Gasteiger partial charge >= 0.3 is 0 Å². The van der Waals surface area contributed by atoms with Crippen LogP contribution in [-0.4, -0.2) is 6.21 Å². The van der Waals surface area contributed by atoms with E-state index in [1.165, 1.54) is 18.2 Å². The van der Waals surface area contributed by atoms with Gasteiger partial charge in [-0.05, 0) is 31.3 Å². The van der Waals surface area contributed by atoms with Gasteiger partial charge in [0.25, 0.3) is 0 Å². The Labute approximate surface area is 111 Å². The van der Waals surface area contributed by atoms with Crippen LogP contribution < -0.4 is 0 Å². The van der Waals surface area contributed by atoms with Crippen molar-refractivity contribution < 1.29 is 0 Å². The van der Waals surface area contributed by atoms with Crippen LogP contribution in [0.3, 0.4) is 0 Å². The third-order valence-electron chi connectivity index (χ3n) is 3.05. The second kappa shape index (κ2) is 7.71. The molecule has 0 aromatic rings. The highest BCUT2D eigenvalue weighted by atomic mass is 14.3. The fraction of sp³-hybridized carbons (Fsp3) is 0.471. The highest BCUT2D eigenvalue weighted by molar-refractivity contribution is 5.79. The SMILES string of the molecule is C/C(=C\CCC(C)C)C1C#CC/C=C(/C=N)C=C1. The van der Waals surface area contributed by atoms with Crippen molar-refractivity contribution in [3.8, 4) is 11.8 Å². The lowest BCUT2D eigenvalue weighted by molar-refractivity contribution is 0.592. The molecule has 0 aromatic carbocycles. The van der Waals surface area contributed by atoms with E-state index in [0.29, 0.717) is 0 Å². The van der Waals surface area contributed by atoms with Crippen LogP contribution in [0, 0.1) is 29.1 Å². The molecule has 1 unspecified atom stereocenters. The van der Waals surface area contributed by atoms with Crippen molar-refractivity contribution in [3.05, 3.63) is 35.5 Å². The zero-order chi connectivity index (χ0) is 13.4. The normalized spacial score (nSPS) is 22.6. The van der Waals surface area contributed by atoms with Crippen molar-refractivity contribution in [2.75, 3.05) is 0 Å².